The average Bonchev–Trinajstić information content (AvgIpc) is 4.42. The fourth-order valence-electron chi connectivity index (χ4n) is 13.3. The SMILES string of the molecule is c1ccc(-c2c3cc4c(oc5cc(N(c6ccccc6)c6ccc7c(c6)oc6cc8ccccc8cc67)ccc54)c(-c4ccccc4)c3cc3c2oc2cc(N(c4ccccc4)c4ccc5c(c4)oc4cc6ccccc6cc45)ccc23)cc1. The Kier molecular flexibility index (Phi) is 9.99. The molecule has 84 heavy (non-hydrogen) atoms. The molecule has 0 bridgehead atoms. The molecule has 0 unspecified atom stereocenters. The van der Waals surface area contributed by atoms with E-state index < -0.39 is 0 Å². The highest BCUT2D eigenvalue weighted by atomic mass is 16.3. The smallest absolute Gasteiger partial charge is 0.143 e. The lowest BCUT2D eigenvalue weighted by atomic mass is 9.89. The van der Waals surface area contributed by atoms with Crippen LogP contribution in [-0.4, -0.2) is 0 Å². The highest BCUT2D eigenvalue weighted by molar-refractivity contribution is 6.27. The van der Waals surface area contributed by atoms with Gasteiger partial charge >= 0.3 is 0 Å². The zero-order chi connectivity index (χ0) is 55.0. The van der Waals surface area contributed by atoms with Crippen LogP contribution in [0.25, 0.3) is 142 Å². The third kappa shape index (κ3) is 7.17. The Labute approximate surface area is 480 Å². The predicted octanol–water partition coefficient (Wildman–Crippen LogP) is 23.0. The third-order valence-corrected chi connectivity index (χ3v) is 17.1. The van der Waals surface area contributed by atoms with Crippen LogP contribution < -0.4 is 9.80 Å². The van der Waals surface area contributed by atoms with Crippen LogP contribution in [0.5, 0.6) is 0 Å². The number of rotatable bonds is 8. The first kappa shape index (κ1) is 46.4. The first-order valence-electron chi connectivity index (χ1n) is 28.4. The van der Waals surface area contributed by atoms with Crippen molar-refractivity contribution in [2.45, 2.75) is 0 Å². The van der Waals surface area contributed by atoms with E-state index in [9.17, 15) is 0 Å². The lowest BCUT2D eigenvalue weighted by molar-refractivity contribution is 0.669. The molecule has 0 atom stereocenters. The van der Waals surface area contributed by atoms with Gasteiger partial charge in [0.25, 0.3) is 0 Å². The summed E-state index contributed by atoms with van der Waals surface area (Å²) in [5.41, 5.74) is 16.7. The van der Waals surface area contributed by atoms with Crippen molar-refractivity contribution in [2.75, 3.05) is 9.80 Å². The van der Waals surface area contributed by atoms with Crippen LogP contribution in [0.2, 0.25) is 0 Å². The van der Waals surface area contributed by atoms with E-state index in [4.69, 9.17) is 17.7 Å². The summed E-state index contributed by atoms with van der Waals surface area (Å²) in [5.74, 6) is 0. The summed E-state index contributed by atoms with van der Waals surface area (Å²) in [6, 6.07) is 98.9. The largest absolute Gasteiger partial charge is 0.456 e. The number of hydrogen-bond acceptors (Lipinski definition) is 6. The zero-order valence-electron chi connectivity index (χ0n) is 45.1. The molecule has 0 amide bonds. The molecule has 14 aromatic carbocycles. The summed E-state index contributed by atoms with van der Waals surface area (Å²) in [5, 5.41) is 15.3. The summed E-state index contributed by atoms with van der Waals surface area (Å²) in [6.45, 7) is 0. The fourth-order valence-corrected chi connectivity index (χ4v) is 13.3. The minimum atomic E-state index is 0.784. The maximum atomic E-state index is 7.29. The highest BCUT2D eigenvalue weighted by Crippen LogP contribution is 2.50. The van der Waals surface area contributed by atoms with Crippen molar-refractivity contribution in [3.63, 3.8) is 0 Å². The standard InChI is InChI=1S/C78H46N2O4/c1-5-17-47(18-6-1)75-65-45-68-62-36-32-58(80(54-27-11-4-12-28-54)56-30-34-60-64-38-50-22-14-16-24-52(50)40-70(64)82-72(60)42-56)44-74(62)84-78(68)76(48-19-7-2-8-20-48)66(65)46-67-61-35-31-57(43-73(61)83-77(67)75)79(53-25-9-3-10-26-53)55-29-33-59-63-37-49-21-13-15-23-51(49)39-69(63)81-71(59)41-55/h1-46H. The van der Waals surface area contributed by atoms with Gasteiger partial charge in [0.2, 0.25) is 0 Å². The Bertz CT molecular complexity index is 5330. The molecule has 18 aromatic rings. The number of fused-ring (bicyclic) bond motifs is 15. The van der Waals surface area contributed by atoms with Crippen molar-refractivity contribution in [1.82, 2.24) is 0 Å². The van der Waals surface area contributed by atoms with Crippen molar-refractivity contribution < 1.29 is 17.7 Å². The summed E-state index contributed by atoms with van der Waals surface area (Å²) in [6.07, 6.45) is 0. The molecule has 4 aromatic heterocycles. The Morgan fingerprint density at radius 1 is 0.190 bits per heavy atom. The van der Waals surface area contributed by atoms with E-state index in [1.807, 2.05) is 0 Å². The number of furan rings is 4. The van der Waals surface area contributed by atoms with Crippen molar-refractivity contribution in [3.05, 3.63) is 279 Å². The minimum absolute atomic E-state index is 0.784. The van der Waals surface area contributed by atoms with Crippen molar-refractivity contribution in [3.8, 4) is 22.3 Å². The number of anilines is 6. The zero-order valence-corrected chi connectivity index (χ0v) is 45.1. The molecule has 18 rings (SSSR count). The molecule has 4 heterocycles. The molecule has 392 valence electrons. The predicted molar refractivity (Wildman–Crippen MR) is 348 cm³/mol. The molecule has 0 aliphatic rings. The molecular formula is C78H46N2O4. The molecule has 6 nitrogen and oxygen atoms in total. The van der Waals surface area contributed by atoms with Crippen LogP contribution in [-0.2, 0) is 0 Å². The maximum absolute atomic E-state index is 7.29. The molecule has 6 heteroatoms. The normalized spacial score (nSPS) is 12.0. The van der Waals surface area contributed by atoms with Gasteiger partial charge in [-0.2, -0.15) is 0 Å². The Balaban J connectivity index is 0.821. The first-order chi connectivity index (χ1) is 41.6. The first-order valence-corrected chi connectivity index (χ1v) is 28.4. The van der Waals surface area contributed by atoms with Gasteiger partial charge in [-0.15, -0.1) is 0 Å². The van der Waals surface area contributed by atoms with Gasteiger partial charge in [-0.3, -0.25) is 0 Å². The average molecular weight is 1080 g/mol. The minimum Gasteiger partial charge on any atom is -0.456 e. The molecule has 0 aliphatic heterocycles. The number of hydrogen-bond donors (Lipinski definition) is 0. The number of para-hydroxylation sites is 2. The molecular weight excluding hydrogens is 1030 g/mol. The van der Waals surface area contributed by atoms with Gasteiger partial charge in [0.1, 0.15) is 44.7 Å². The summed E-state index contributed by atoms with van der Waals surface area (Å²) in [4.78, 5) is 4.56. The monoisotopic (exact) mass is 1070 g/mol. The lowest BCUT2D eigenvalue weighted by Crippen LogP contribution is -2.09. The van der Waals surface area contributed by atoms with Gasteiger partial charge in [0.05, 0.1) is 0 Å². The molecule has 0 N–H and O–H groups in total. The van der Waals surface area contributed by atoms with Gasteiger partial charge in [0.15, 0.2) is 0 Å². The van der Waals surface area contributed by atoms with Gasteiger partial charge in [-0.05, 0) is 153 Å². The summed E-state index contributed by atoms with van der Waals surface area (Å²) < 4.78 is 27.8. The third-order valence-electron chi connectivity index (χ3n) is 17.1. The van der Waals surface area contributed by atoms with E-state index in [-0.39, 0.29) is 0 Å². The Morgan fingerprint density at radius 2 is 0.488 bits per heavy atom. The van der Waals surface area contributed by atoms with Crippen molar-refractivity contribution in [2.24, 2.45) is 0 Å². The second-order valence-electron chi connectivity index (χ2n) is 21.9. The van der Waals surface area contributed by atoms with E-state index in [1.54, 1.807) is 0 Å². The van der Waals surface area contributed by atoms with E-state index >= 15 is 0 Å². The van der Waals surface area contributed by atoms with Crippen LogP contribution >= 0.6 is 0 Å². The Morgan fingerprint density at radius 3 is 0.857 bits per heavy atom. The van der Waals surface area contributed by atoms with E-state index in [2.05, 4.69) is 289 Å². The van der Waals surface area contributed by atoms with Crippen LogP contribution in [0.1, 0.15) is 0 Å². The molecule has 0 fully saturated rings. The van der Waals surface area contributed by atoms with Gasteiger partial charge in [0, 0.05) is 113 Å². The second-order valence-corrected chi connectivity index (χ2v) is 21.9. The van der Waals surface area contributed by atoms with Gasteiger partial charge in [-0.1, -0.05) is 146 Å². The summed E-state index contributed by atoms with van der Waals surface area (Å²) >= 11 is 0. The number of nitrogens with zero attached hydrogens (tertiary/aromatic N) is 2. The second kappa shape index (κ2) is 18.1. The summed E-state index contributed by atoms with van der Waals surface area (Å²) in [7, 11) is 0. The number of benzene rings is 14. The molecule has 0 aliphatic carbocycles. The van der Waals surface area contributed by atoms with Crippen LogP contribution in [0.15, 0.2) is 297 Å². The van der Waals surface area contributed by atoms with Crippen LogP contribution in [0.4, 0.5) is 34.1 Å². The Hall–Kier alpha value is -11.3. The topological polar surface area (TPSA) is 59.0 Å². The van der Waals surface area contributed by atoms with Crippen LogP contribution in [0, 0.1) is 0 Å². The lowest BCUT2D eigenvalue weighted by Gasteiger charge is -2.25. The van der Waals surface area contributed by atoms with Gasteiger partial charge < -0.3 is 27.5 Å². The van der Waals surface area contributed by atoms with Gasteiger partial charge in [-0.25, -0.2) is 0 Å². The van der Waals surface area contributed by atoms with Crippen LogP contribution in [0.3, 0.4) is 0 Å². The van der Waals surface area contributed by atoms with E-state index in [0.29, 0.717) is 0 Å². The molecule has 0 saturated heterocycles. The van der Waals surface area contributed by atoms with Crippen molar-refractivity contribution in [1.29, 1.82) is 0 Å². The van der Waals surface area contributed by atoms with E-state index in [0.717, 1.165) is 166 Å². The quantitative estimate of drug-likeness (QED) is 0.151. The van der Waals surface area contributed by atoms with E-state index in [1.165, 1.54) is 10.8 Å². The maximum Gasteiger partial charge on any atom is 0.143 e. The highest BCUT2D eigenvalue weighted by Gasteiger charge is 2.26. The fraction of sp³-hybridized carbons (Fsp3) is 0. The molecule has 0 saturated carbocycles. The van der Waals surface area contributed by atoms with Crippen molar-refractivity contribution >= 4 is 154 Å². The molecule has 0 spiro atoms. The molecule has 0 radical (unpaired) electrons.